The molecule has 1 amide bonds. The topological polar surface area (TPSA) is 84.3 Å². The van der Waals surface area contributed by atoms with Crippen LogP contribution in [0, 0.1) is 10.1 Å². The Balaban J connectivity index is 2.00. The second kappa shape index (κ2) is 6.67. The average Bonchev–Trinajstić information content (AvgIpc) is 2.46. The van der Waals surface area contributed by atoms with E-state index in [0.717, 1.165) is 25.8 Å². The van der Waals surface area contributed by atoms with E-state index in [-0.39, 0.29) is 28.2 Å². The Labute approximate surface area is 121 Å². The van der Waals surface area contributed by atoms with Gasteiger partial charge in [-0.2, -0.15) is 0 Å². The fourth-order valence-corrected chi connectivity index (χ4v) is 2.41. The molecule has 1 heterocycles. The van der Waals surface area contributed by atoms with Crippen LogP contribution in [-0.4, -0.2) is 30.0 Å². The third-order valence-electron chi connectivity index (χ3n) is 3.33. The van der Waals surface area contributed by atoms with Crippen molar-refractivity contribution in [3.05, 3.63) is 38.9 Å². The first-order chi connectivity index (χ1) is 9.58. The van der Waals surface area contributed by atoms with Gasteiger partial charge in [0.2, 0.25) is 0 Å². The van der Waals surface area contributed by atoms with Crippen LogP contribution >= 0.6 is 11.6 Å². The molecule has 0 radical (unpaired) electrons. The third kappa shape index (κ3) is 3.68. The number of nitro groups is 1. The molecule has 2 N–H and O–H groups in total. The zero-order chi connectivity index (χ0) is 14.5. The van der Waals surface area contributed by atoms with Gasteiger partial charge in [-0.05, 0) is 25.5 Å². The summed E-state index contributed by atoms with van der Waals surface area (Å²) in [5, 5.41) is 17.0. The Morgan fingerprint density at radius 1 is 1.50 bits per heavy atom. The SMILES string of the molecule is O=C(NCC1CCCCN1)c1cc([N+](=O)[O-])ccc1Cl. The van der Waals surface area contributed by atoms with E-state index in [4.69, 9.17) is 11.6 Å². The van der Waals surface area contributed by atoms with Crippen molar-refractivity contribution in [2.45, 2.75) is 25.3 Å². The summed E-state index contributed by atoms with van der Waals surface area (Å²) in [6.45, 7) is 1.45. The Morgan fingerprint density at radius 2 is 2.30 bits per heavy atom. The van der Waals surface area contributed by atoms with Crippen molar-refractivity contribution in [3.8, 4) is 0 Å². The number of halogens is 1. The number of non-ortho nitro benzene ring substituents is 1. The van der Waals surface area contributed by atoms with E-state index >= 15 is 0 Å². The molecule has 1 aliphatic rings. The number of benzene rings is 1. The number of piperidine rings is 1. The van der Waals surface area contributed by atoms with Gasteiger partial charge in [0.05, 0.1) is 15.5 Å². The fourth-order valence-electron chi connectivity index (χ4n) is 2.21. The molecule has 20 heavy (non-hydrogen) atoms. The van der Waals surface area contributed by atoms with Gasteiger partial charge in [0, 0.05) is 24.7 Å². The van der Waals surface area contributed by atoms with Crippen LogP contribution in [0.5, 0.6) is 0 Å². The lowest BCUT2D eigenvalue weighted by Crippen LogP contribution is -2.43. The van der Waals surface area contributed by atoms with E-state index in [0.29, 0.717) is 6.54 Å². The summed E-state index contributed by atoms with van der Waals surface area (Å²) in [5.74, 6) is -0.383. The maximum absolute atomic E-state index is 12.0. The van der Waals surface area contributed by atoms with Gasteiger partial charge in [0.1, 0.15) is 0 Å². The van der Waals surface area contributed by atoms with Gasteiger partial charge < -0.3 is 10.6 Å². The van der Waals surface area contributed by atoms with E-state index in [1.54, 1.807) is 0 Å². The number of carbonyl (C=O) groups excluding carboxylic acids is 1. The van der Waals surface area contributed by atoms with E-state index < -0.39 is 4.92 Å². The lowest BCUT2D eigenvalue weighted by Gasteiger charge is -2.23. The van der Waals surface area contributed by atoms with Crippen molar-refractivity contribution in [3.63, 3.8) is 0 Å². The van der Waals surface area contributed by atoms with Crippen LogP contribution < -0.4 is 10.6 Å². The van der Waals surface area contributed by atoms with Gasteiger partial charge in [-0.15, -0.1) is 0 Å². The Kier molecular flexibility index (Phi) is 4.92. The molecule has 7 heteroatoms. The number of amides is 1. The van der Waals surface area contributed by atoms with Crippen molar-refractivity contribution in [2.75, 3.05) is 13.1 Å². The third-order valence-corrected chi connectivity index (χ3v) is 3.66. The van der Waals surface area contributed by atoms with E-state index in [1.165, 1.54) is 18.2 Å². The zero-order valence-corrected chi connectivity index (χ0v) is 11.7. The minimum atomic E-state index is -0.546. The Hall–Kier alpha value is -1.66. The van der Waals surface area contributed by atoms with Crippen LogP contribution in [0.3, 0.4) is 0 Å². The lowest BCUT2D eigenvalue weighted by molar-refractivity contribution is -0.384. The first-order valence-corrected chi connectivity index (χ1v) is 6.91. The van der Waals surface area contributed by atoms with Gasteiger partial charge in [-0.1, -0.05) is 18.0 Å². The summed E-state index contributed by atoms with van der Waals surface area (Å²) in [5.41, 5.74) is -0.00739. The predicted octanol–water partition coefficient (Wildman–Crippen LogP) is 2.12. The highest BCUT2D eigenvalue weighted by atomic mass is 35.5. The maximum Gasteiger partial charge on any atom is 0.270 e. The van der Waals surface area contributed by atoms with Crippen molar-refractivity contribution < 1.29 is 9.72 Å². The number of nitrogens with zero attached hydrogens (tertiary/aromatic N) is 1. The van der Waals surface area contributed by atoms with Gasteiger partial charge in [0.25, 0.3) is 11.6 Å². The highest BCUT2D eigenvalue weighted by Gasteiger charge is 2.18. The summed E-state index contributed by atoms with van der Waals surface area (Å²) in [6.07, 6.45) is 3.31. The second-order valence-corrected chi connectivity index (χ2v) is 5.19. The van der Waals surface area contributed by atoms with Crippen molar-refractivity contribution in [1.82, 2.24) is 10.6 Å². The fraction of sp³-hybridized carbons (Fsp3) is 0.462. The van der Waals surface area contributed by atoms with Crippen LogP contribution in [0.2, 0.25) is 5.02 Å². The standard InChI is InChI=1S/C13H16ClN3O3/c14-12-5-4-10(17(19)20)7-11(12)13(18)16-8-9-3-1-2-6-15-9/h4-5,7,9,15H,1-3,6,8H2,(H,16,18). The number of hydrogen-bond acceptors (Lipinski definition) is 4. The summed E-state index contributed by atoms with van der Waals surface area (Å²) < 4.78 is 0. The molecule has 1 unspecified atom stereocenters. The first kappa shape index (κ1) is 14.7. The minimum absolute atomic E-state index is 0.136. The summed E-state index contributed by atoms with van der Waals surface area (Å²) in [6, 6.07) is 4.10. The Bertz CT molecular complexity index is 516. The number of nitro benzene ring substituents is 1. The average molecular weight is 298 g/mol. The van der Waals surface area contributed by atoms with Crippen LogP contribution in [0.4, 0.5) is 5.69 Å². The molecule has 108 valence electrons. The molecule has 0 spiro atoms. The van der Waals surface area contributed by atoms with Crippen molar-refractivity contribution in [2.24, 2.45) is 0 Å². The van der Waals surface area contributed by atoms with Crippen LogP contribution in [-0.2, 0) is 0 Å². The van der Waals surface area contributed by atoms with Gasteiger partial charge in [-0.25, -0.2) is 0 Å². The molecule has 0 aromatic heterocycles. The molecule has 1 aromatic carbocycles. The molecule has 0 bridgehead atoms. The quantitative estimate of drug-likeness (QED) is 0.658. The molecule has 0 aliphatic carbocycles. The molecule has 1 aromatic rings. The first-order valence-electron chi connectivity index (χ1n) is 6.53. The zero-order valence-electron chi connectivity index (χ0n) is 10.9. The molecular formula is C13H16ClN3O3. The predicted molar refractivity (Wildman–Crippen MR) is 76.1 cm³/mol. The summed E-state index contributed by atoms with van der Waals surface area (Å²) >= 11 is 5.92. The highest BCUT2D eigenvalue weighted by Crippen LogP contribution is 2.22. The molecule has 2 rings (SSSR count). The summed E-state index contributed by atoms with van der Waals surface area (Å²) in [4.78, 5) is 22.2. The largest absolute Gasteiger partial charge is 0.350 e. The van der Waals surface area contributed by atoms with Gasteiger partial charge in [-0.3, -0.25) is 14.9 Å². The normalized spacial score (nSPS) is 18.6. The van der Waals surface area contributed by atoms with E-state index in [2.05, 4.69) is 10.6 Å². The van der Waals surface area contributed by atoms with E-state index in [1.807, 2.05) is 0 Å². The van der Waals surface area contributed by atoms with Crippen LogP contribution in [0.15, 0.2) is 18.2 Å². The Morgan fingerprint density at radius 3 is 2.95 bits per heavy atom. The molecule has 1 aliphatic heterocycles. The number of nitrogens with one attached hydrogen (secondary N) is 2. The molecule has 6 nitrogen and oxygen atoms in total. The number of hydrogen-bond donors (Lipinski definition) is 2. The molecule has 0 saturated carbocycles. The second-order valence-electron chi connectivity index (χ2n) is 4.78. The van der Waals surface area contributed by atoms with Crippen LogP contribution in [0.1, 0.15) is 29.6 Å². The van der Waals surface area contributed by atoms with Crippen molar-refractivity contribution >= 4 is 23.2 Å². The molecule has 1 atom stereocenters. The monoisotopic (exact) mass is 297 g/mol. The highest BCUT2D eigenvalue weighted by molar-refractivity contribution is 6.33. The van der Waals surface area contributed by atoms with Gasteiger partial charge in [0.15, 0.2) is 0 Å². The maximum atomic E-state index is 12.0. The lowest BCUT2D eigenvalue weighted by atomic mass is 10.0. The molecular weight excluding hydrogens is 282 g/mol. The smallest absolute Gasteiger partial charge is 0.270 e. The van der Waals surface area contributed by atoms with Gasteiger partial charge >= 0.3 is 0 Å². The molecule has 1 fully saturated rings. The minimum Gasteiger partial charge on any atom is -0.350 e. The van der Waals surface area contributed by atoms with Crippen molar-refractivity contribution in [1.29, 1.82) is 0 Å². The van der Waals surface area contributed by atoms with Crippen LogP contribution in [0.25, 0.3) is 0 Å². The number of carbonyl (C=O) groups is 1. The number of rotatable bonds is 4. The summed E-state index contributed by atoms with van der Waals surface area (Å²) in [7, 11) is 0. The van der Waals surface area contributed by atoms with E-state index in [9.17, 15) is 14.9 Å². The molecule has 1 saturated heterocycles.